The van der Waals surface area contributed by atoms with Crippen LogP contribution in [0.4, 0.5) is 10.1 Å². The van der Waals surface area contributed by atoms with Gasteiger partial charge in [-0.05, 0) is 18.2 Å². The van der Waals surface area contributed by atoms with E-state index in [1.807, 2.05) is 0 Å². The van der Waals surface area contributed by atoms with E-state index in [0.717, 1.165) is 24.7 Å². The molecule has 0 spiro atoms. The van der Waals surface area contributed by atoms with Gasteiger partial charge in [-0.2, -0.15) is 0 Å². The average Bonchev–Trinajstić information content (AvgIpc) is 3.04. The van der Waals surface area contributed by atoms with Crippen LogP contribution in [0, 0.1) is 5.82 Å². The molecule has 0 aliphatic carbocycles. The number of benzene rings is 1. The molecule has 1 aromatic rings. The van der Waals surface area contributed by atoms with E-state index in [1.54, 1.807) is 0 Å². The first-order valence-corrected chi connectivity index (χ1v) is 9.13. The highest BCUT2D eigenvalue weighted by Crippen LogP contribution is 2.22. The van der Waals surface area contributed by atoms with E-state index >= 15 is 0 Å². The quantitative estimate of drug-likeness (QED) is 0.404. The van der Waals surface area contributed by atoms with Crippen molar-refractivity contribution < 1.29 is 32.6 Å². The standard InChI is InChI=1S/C11H14FN3O2S.C4H4O4/c1-18(16,17)10-3-2-8(12)6-9(10)15-7-11-13-4-5-14-11;5-3(6)1-2-4(7)8/h2-3,6,15H,4-5,7H2,1H3,(H,13,14);1-2H,(H,5,6)(H,7,8)/b;2-1+. The van der Waals surface area contributed by atoms with Crippen molar-refractivity contribution in [2.45, 2.75) is 4.90 Å². The molecule has 0 fully saturated rings. The molecule has 1 aromatic carbocycles. The number of hydrogen-bond donors (Lipinski definition) is 4. The Morgan fingerprint density at radius 1 is 1.31 bits per heavy atom. The van der Waals surface area contributed by atoms with Crippen molar-refractivity contribution in [2.24, 2.45) is 4.99 Å². The molecule has 0 saturated carbocycles. The Labute approximate surface area is 149 Å². The normalized spacial score (nSPS) is 13.4. The van der Waals surface area contributed by atoms with Gasteiger partial charge >= 0.3 is 11.9 Å². The van der Waals surface area contributed by atoms with Crippen LogP contribution in [0.2, 0.25) is 0 Å². The van der Waals surface area contributed by atoms with Crippen molar-refractivity contribution in [3.8, 4) is 0 Å². The fourth-order valence-electron chi connectivity index (χ4n) is 1.85. The van der Waals surface area contributed by atoms with Crippen molar-refractivity contribution >= 4 is 33.3 Å². The van der Waals surface area contributed by atoms with Crippen molar-refractivity contribution in [3.05, 3.63) is 36.2 Å². The summed E-state index contributed by atoms with van der Waals surface area (Å²) in [6, 6.07) is 3.57. The lowest BCUT2D eigenvalue weighted by molar-refractivity contribution is -0.134. The molecule has 1 heterocycles. The molecule has 0 unspecified atom stereocenters. The van der Waals surface area contributed by atoms with Gasteiger partial charge in [-0.25, -0.2) is 22.4 Å². The third kappa shape index (κ3) is 7.75. The Kier molecular flexibility index (Phi) is 7.72. The second kappa shape index (κ2) is 9.51. The molecular weight excluding hydrogens is 369 g/mol. The lowest BCUT2D eigenvalue weighted by atomic mass is 10.3. The van der Waals surface area contributed by atoms with E-state index in [9.17, 15) is 22.4 Å². The number of rotatable bonds is 6. The predicted molar refractivity (Wildman–Crippen MR) is 92.7 cm³/mol. The summed E-state index contributed by atoms with van der Waals surface area (Å²) in [6.45, 7) is 1.84. The Morgan fingerprint density at radius 2 is 1.92 bits per heavy atom. The number of nitrogens with zero attached hydrogens (tertiary/aromatic N) is 1. The second-order valence-electron chi connectivity index (χ2n) is 5.03. The van der Waals surface area contributed by atoms with E-state index in [2.05, 4.69) is 15.6 Å². The Balaban J connectivity index is 0.000000359. The fraction of sp³-hybridized carbons (Fsp3) is 0.267. The summed E-state index contributed by atoms with van der Waals surface area (Å²) in [5.74, 6) is -2.25. The van der Waals surface area contributed by atoms with Crippen molar-refractivity contribution in [1.29, 1.82) is 0 Å². The highest BCUT2D eigenvalue weighted by Gasteiger charge is 2.14. The van der Waals surface area contributed by atoms with Crippen LogP contribution in [0.15, 0.2) is 40.2 Å². The summed E-state index contributed by atoms with van der Waals surface area (Å²) in [5, 5.41) is 21.6. The fourth-order valence-corrected chi connectivity index (χ4v) is 2.70. The van der Waals surface area contributed by atoms with Gasteiger partial charge in [0.25, 0.3) is 0 Å². The van der Waals surface area contributed by atoms with Gasteiger partial charge in [-0.1, -0.05) is 0 Å². The van der Waals surface area contributed by atoms with E-state index in [-0.39, 0.29) is 10.6 Å². The molecule has 1 aliphatic heterocycles. The van der Waals surface area contributed by atoms with Crippen LogP contribution in [0.3, 0.4) is 0 Å². The van der Waals surface area contributed by atoms with Gasteiger partial charge in [0.2, 0.25) is 0 Å². The maximum absolute atomic E-state index is 13.2. The van der Waals surface area contributed by atoms with Crippen LogP contribution in [-0.2, 0) is 19.4 Å². The molecule has 4 N–H and O–H groups in total. The van der Waals surface area contributed by atoms with Gasteiger partial charge in [0.1, 0.15) is 11.7 Å². The molecule has 0 atom stereocenters. The average molecular weight is 387 g/mol. The monoisotopic (exact) mass is 387 g/mol. The molecule has 0 saturated heterocycles. The minimum atomic E-state index is -3.39. The zero-order valence-electron chi connectivity index (χ0n) is 13.8. The van der Waals surface area contributed by atoms with Crippen molar-refractivity contribution in [3.63, 3.8) is 0 Å². The van der Waals surface area contributed by atoms with Gasteiger partial charge < -0.3 is 20.8 Å². The Hall–Kier alpha value is -2.95. The topological polar surface area (TPSA) is 145 Å². The molecule has 11 heteroatoms. The maximum atomic E-state index is 13.2. The molecule has 9 nitrogen and oxygen atoms in total. The third-order valence-corrected chi connectivity index (χ3v) is 4.05. The van der Waals surface area contributed by atoms with E-state index in [1.165, 1.54) is 12.1 Å². The van der Waals surface area contributed by atoms with E-state index < -0.39 is 27.6 Å². The first kappa shape index (κ1) is 21.1. The largest absolute Gasteiger partial charge is 0.478 e. The van der Waals surface area contributed by atoms with E-state index in [4.69, 9.17) is 10.2 Å². The van der Waals surface area contributed by atoms with Crippen LogP contribution < -0.4 is 10.6 Å². The number of hydrogen-bond acceptors (Lipinski definition) is 7. The first-order chi connectivity index (χ1) is 12.1. The number of nitrogens with one attached hydrogen (secondary N) is 2. The lowest BCUT2D eigenvalue weighted by Gasteiger charge is -2.11. The molecule has 1 aliphatic rings. The van der Waals surface area contributed by atoms with Crippen LogP contribution in [0.1, 0.15) is 0 Å². The number of halogens is 1. The van der Waals surface area contributed by atoms with Gasteiger partial charge in [-0.3, -0.25) is 4.99 Å². The number of aliphatic carboxylic acids is 2. The van der Waals surface area contributed by atoms with Gasteiger partial charge in [0.15, 0.2) is 9.84 Å². The zero-order chi connectivity index (χ0) is 19.7. The van der Waals surface area contributed by atoms with Gasteiger partial charge in [0, 0.05) is 25.0 Å². The molecule has 0 amide bonds. The summed E-state index contributed by atoms with van der Waals surface area (Å²) in [7, 11) is -3.39. The van der Waals surface area contributed by atoms with Crippen LogP contribution >= 0.6 is 0 Å². The van der Waals surface area contributed by atoms with Gasteiger partial charge in [0.05, 0.1) is 23.7 Å². The van der Waals surface area contributed by atoms with Crippen molar-refractivity contribution in [2.75, 3.05) is 31.2 Å². The Bertz CT molecular complexity index is 820. The van der Waals surface area contributed by atoms with E-state index in [0.29, 0.717) is 25.2 Å². The number of carboxylic acid groups (broad SMARTS) is 2. The minimum absolute atomic E-state index is 0.0856. The van der Waals surface area contributed by atoms with Crippen LogP contribution in [-0.4, -0.2) is 62.3 Å². The molecule has 26 heavy (non-hydrogen) atoms. The molecule has 142 valence electrons. The number of sulfone groups is 1. The van der Waals surface area contributed by atoms with Gasteiger partial charge in [-0.15, -0.1) is 0 Å². The second-order valence-corrected chi connectivity index (χ2v) is 7.02. The van der Waals surface area contributed by atoms with Crippen molar-refractivity contribution in [1.82, 2.24) is 5.32 Å². The lowest BCUT2D eigenvalue weighted by Crippen LogP contribution is -2.26. The highest BCUT2D eigenvalue weighted by atomic mass is 32.2. The molecule has 0 bridgehead atoms. The number of carbonyl (C=O) groups is 2. The molecule has 0 aromatic heterocycles. The van der Waals surface area contributed by atoms with Crippen LogP contribution in [0.25, 0.3) is 0 Å². The molecule has 2 rings (SSSR count). The first-order valence-electron chi connectivity index (χ1n) is 7.24. The summed E-state index contributed by atoms with van der Waals surface area (Å²) < 4.78 is 36.3. The highest BCUT2D eigenvalue weighted by molar-refractivity contribution is 7.90. The maximum Gasteiger partial charge on any atom is 0.328 e. The summed E-state index contributed by atoms with van der Waals surface area (Å²) in [6.07, 6.45) is 2.21. The predicted octanol–water partition coefficient (Wildman–Crippen LogP) is 0.355. The summed E-state index contributed by atoms with van der Waals surface area (Å²) in [5.41, 5.74) is 0.258. The SMILES string of the molecule is CS(=O)(=O)c1ccc(F)cc1NCC1=NCCN1.O=C(O)/C=C/C(=O)O. The smallest absolute Gasteiger partial charge is 0.328 e. The molecular formula is C15H18FN3O6S. The Morgan fingerprint density at radius 3 is 2.38 bits per heavy atom. The number of amidine groups is 1. The molecule has 0 radical (unpaired) electrons. The zero-order valence-corrected chi connectivity index (χ0v) is 14.6. The number of anilines is 1. The third-order valence-electron chi connectivity index (χ3n) is 2.90. The van der Waals surface area contributed by atoms with Crippen LogP contribution in [0.5, 0.6) is 0 Å². The number of aliphatic imine (C=N–C) groups is 1. The summed E-state index contributed by atoms with van der Waals surface area (Å²) >= 11 is 0. The summed E-state index contributed by atoms with van der Waals surface area (Å²) in [4.78, 5) is 23.4. The minimum Gasteiger partial charge on any atom is -0.478 e. The number of carboxylic acids is 2.